The molecule has 1 aliphatic heterocycles. The molecule has 1 aromatic carbocycles. The lowest BCUT2D eigenvalue weighted by atomic mass is 10.0. The van der Waals surface area contributed by atoms with Gasteiger partial charge in [0.05, 0.1) is 18.8 Å². The Morgan fingerprint density at radius 3 is 2.95 bits per heavy atom. The van der Waals surface area contributed by atoms with Crippen LogP contribution < -0.4 is 0 Å². The van der Waals surface area contributed by atoms with Crippen LogP contribution in [-0.4, -0.2) is 41.6 Å². The standard InChI is InChI=1S/C15H20ClNO3/c1-3-13-9-20-5-4-17(13)8-11-6-12(16)7-14(10(2)18)15(11)19/h6-7,13,19H,3-5,8-9H2,1-2H3. The van der Waals surface area contributed by atoms with E-state index in [9.17, 15) is 9.90 Å². The molecule has 0 bridgehead atoms. The van der Waals surface area contributed by atoms with Crippen molar-refractivity contribution in [1.82, 2.24) is 4.90 Å². The highest BCUT2D eigenvalue weighted by atomic mass is 35.5. The summed E-state index contributed by atoms with van der Waals surface area (Å²) in [6.45, 7) is 6.34. The molecule has 4 nitrogen and oxygen atoms in total. The SMILES string of the molecule is CCC1COCCN1Cc1cc(Cl)cc(C(C)=O)c1O. The van der Waals surface area contributed by atoms with Gasteiger partial charge in [-0.05, 0) is 25.5 Å². The van der Waals surface area contributed by atoms with Gasteiger partial charge in [0.1, 0.15) is 5.75 Å². The van der Waals surface area contributed by atoms with Crippen molar-refractivity contribution in [2.45, 2.75) is 32.9 Å². The first-order valence-electron chi connectivity index (χ1n) is 6.87. The van der Waals surface area contributed by atoms with Crippen LogP contribution in [0, 0.1) is 0 Å². The fraction of sp³-hybridized carbons (Fsp3) is 0.533. The molecule has 1 unspecified atom stereocenters. The molecule has 1 atom stereocenters. The van der Waals surface area contributed by atoms with Crippen molar-refractivity contribution >= 4 is 17.4 Å². The third-order valence-electron chi connectivity index (χ3n) is 3.73. The molecule has 0 aromatic heterocycles. The van der Waals surface area contributed by atoms with Crippen LogP contribution in [-0.2, 0) is 11.3 Å². The van der Waals surface area contributed by atoms with E-state index in [2.05, 4.69) is 11.8 Å². The number of nitrogens with zero attached hydrogens (tertiary/aromatic N) is 1. The number of hydrogen-bond donors (Lipinski definition) is 1. The largest absolute Gasteiger partial charge is 0.507 e. The highest BCUT2D eigenvalue weighted by Gasteiger charge is 2.23. The number of ketones is 1. The summed E-state index contributed by atoms with van der Waals surface area (Å²) >= 11 is 6.05. The van der Waals surface area contributed by atoms with E-state index in [1.54, 1.807) is 6.07 Å². The van der Waals surface area contributed by atoms with Gasteiger partial charge in [-0.15, -0.1) is 0 Å². The Bertz CT molecular complexity index is 504. The Kier molecular flexibility index (Phi) is 5.02. The molecule has 5 heteroatoms. The van der Waals surface area contributed by atoms with E-state index in [1.165, 1.54) is 13.0 Å². The Morgan fingerprint density at radius 2 is 2.30 bits per heavy atom. The average molecular weight is 298 g/mol. The van der Waals surface area contributed by atoms with E-state index in [0.29, 0.717) is 36.4 Å². The predicted molar refractivity (Wildman–Crippen MR) is 78.4 cm³/mol. The van der Waals surface area contributed by atoms with E-state index < -0.39 is 0 Å². The fourth-order valence-corrected chi connectivity index (χ4v) is 2.78. The monoisotopic (exact) mass is 297 g/mol. The van der Waals surface area contributed by atoms with Crippen LogP contribution in [0.3, 0.4) is 0 Å². The molecule has 0 saturated carbocycles. The average Bonchev–Trinajstić information content (AvgIpc) is 2.42. The van der Waals surface area contributed by atoms with Crippen molar-refractivity contribution in [3.05, 3.63) is 28.3 Å². The van der Waals surface area contributed by atoms with Crippen LogP contribution in [0.15, 0.2) is 12.1 Å². The summed E-state index contributed by atoms with van der Waals surface area (Å²) in [5.74, 6) is -0.136. The maximum absolute atomic E-state index is 11.5. The van der Waals surface area contributed by atoms with Crippen molar-refractivity contribution in [2.24, 2.45) is 0 Å². The Balaban J connectivity index is 2.26. The molecule has 110 valence electrons. The molecular weight excluding hydrogens is 278 g/mol. The molecule has 2 rings (SSSR count). The van der Waals surface area contributed by atoms with Crippen LogP contribution >= 0.6 is 11.6 Å². The fourth-order valence-electron chi connectivity index (χ4n) is 2.54. The summed E-state index contributed by atoms with van der Waals surface area (Å²) < 4.78 is 5.47. The van der Waals surface area contributed by atoms with E-state index in [-0.39, 0.29) is 17.1 Å². The highest BCUT2D eigenvalue weighted by Crippen LogP contribution is 2.29. The zero-order chi connectivity index (χ0) is 14.7. The number of ether oxygens (including phenoxy) is 1. The van der Waals surface area contributed by atoms with Crippen molar-refractivity contribution < 1.29 is 14.6 Å². The molecule has 1 aliphatic rings. The van der Waals surface area contributed by atoms with Crippen LogP contribution in [0.25, 0.3) is 0 Å². The van der Waals surface area contributed by atoms with Crippen LogP contribution in [0.2, 0.25) is 5.02 Å². The summed E-state index contributed by atoms with van der Waals surface area (Å²) in [4.78, 5) is 13.8. The Labute approximate surface area is 124 Å². The molecule has 20 heavy (non-hydrogen) atoms. The van der Waals surface area contributed by atoms with E-state index >= 15 is 0 Å². The van der Waals surface area contributed by atoms with Gasteiger partial charge in [-0.3, -0.25) is 9.69 Å². The number of hydrogen-bond acceptors (Lipinski definition) is 4. The predicted octanol–water partition coefficient (Wildman–Crippen LogP) is 2.86. The van der Waals surface area contributed by atoms with Gasteiger partial charge in [0.15, 0.2) is 5.78 Å². The number of aromatic hydroxyl groups is 1. The molecule has 0 radical (unpaired) electrons. The summed E-state index contributed by atoms with van der Waals surface area (Å²) in [6, 6.07) is 3.58. The second-order valence-corrected chi connectivity index (χ2v) is 5.56. The first kappa shape index (κ1) is 15.3. The molecule has 0 spiro atoms. The van der Waals surface area contributed by atoms with Gasteiger partial charge in [-0.25, -0.2) is 0 Å². The molecular formula is C15H20ClNO3. The van der Waals surface area contributed by atoms with Crippen LogP contribution in [0.5, 0.6) is 5.75 Å². The Morgan fingerprint density at radius 1 is 1.55 bits per heavy atom. The normalized spacial score (nSPS) is 20.1. The number of benzene rings is 1. The first-order chi connectivity index (χ1) is 9.52. The van der Waals surface area contributed by atoms with E-state index in [1.807, 2.05) is 0 Å². The minimum atomic E-state index is -0.180. The molecule has 1 fully saturated rings. The third kappa shape index (κ3) is 3.32. The number of morpholine rings is 1. The van der Waals surface area contributed by atoms with E-state index in [4.69, 9.17) is 16.3 Å². The topological polar surface area (TPSA) is 49.8 Å². The van der Waals surface area contributed by atoms with Gasteiger partial charge < -0.3 is 9.84 Å². The second kappa shape index (κ2) is 6.57. The highest BCUT2D eigenvalue weighted by molar-refractivity contribution is 6.31. The van der Waals surface area contributed by atoms with Crippen LogP contribution in [0.4, 0.5) is 0 Å². The maximum Gasteiger partial charge on any atom is 0.163 e. The van der Waals surface area contributed by atoms with Crippen molar-refractivity contribution in [3.63, 3.8) is 0 Å². The number of phenolic OH excluding ortho intramolecular Hbond substituents is 1. The zero-order valence-electron chi connectivity index (χ0n) is 11.9. The minimum absolute atomic E-state index is 0.0447. The number of Topliss-reactive ketones (excluding diaryl/α,β-unsaturated/α-hetero) is 1. The van der Waals surface area contributed by atoms with Gasteiger partial charge in [0, 0.05) is 29.7 Å². The lowest BCUT2D eigenvalue weighted by Gasteiger charge is -2.35. The summed E-state index contributed by atoms with van der Waals surface area (Å²) in [5.41, 5.74) is 0.983. The summed E-state index contributed by atoms with van der Waals surface area (Å²) in [5, 5.41) is 10.7. The third-order valence-corrected chi connectivity index (χ3v) is 3.95. The molecule has 1 N–H and O–H groups in total. The lowest BCUT2D eigenvalue weighted by Crippen LogP contribution is -2.44. The number of rotatable bonds is 4. The summed E-state index contributed by atoms with van der Waals surface area (Å²) in [7, 11) is 0. The van der Waals surface area contributed by atoms with Crippen molar-refractivity contribution in [3.8, 4) is 5.75 Å². The minimum Gasteiger partial charge on any atom is -0.507 e. The number of carbonyl (C=O) groups is 1. The number of halogens is 1. The van der Waals surface area contributed by atoms with Crippen molar-refractivity contribution in [1.29, 1.82) is 0 Å². The lowest BCUT2D eigenvalue weighted by molar-refractivity contribution is -0.0130. The smallest absolute Gasteiger partial charge is 0.163 e. The molecule has 0 amide bonds. The van der Waals surface area contributed by atoms with Gasteiger partial charge in [0.2, 0.25) is 0 Å². The molecule has 1 saturated heterocycles. The quantitative estimate of drug-likeness (QED) is 0.868. The Hall–Kier alpha value is -1.10. The molecule has 0 aliphatic carbocycles. The first-order valence-corrected chi connectivity index (χ1v) is 7.24. The molecule has 1 aromatic rings. The summed E-state index contributed by atoms with van der Waals surface area (Å²) in [6.07, 6.45) is 0.987. The van der Waals surface area contributed by atoms with Crippen LogP contribution in [0.1, 0.15) is 36.2 Å². The van der Waals surface area contributed by atoms with Gasteiger partial charge in [-0.1, -0.05) is 18.5 Å². The van der Waals surface area contributed by atoms with Gasteiger partial charge >= 0.3 is 0 Å². The van der Waals surface area contributed by atoms with Gasteiger partial charge in [-0.2, -0.15) is 0 Å². The zero-order valence-corrected chi connectivity index (χ0v) is 12.6. The maximum atomic E-state index is 11.5. The second-order valence-electron chi connectivity index (χ2n) is 5.12. The number of phenols is 1. The number of carbonyl (C=O) groups excluding carboxylic acids is 1. The molecule has 1 heterocycles. The van der Waals surface area contributed by atoms with Crippen molar-refractivity contribution in [2.75, 3.05) is 19.8 Å². The van der Waals surface area contributed by atoms with Gasteiger partial charge in [0.25, 0.3) is 0 Å². The van der Waals surface area contributed by atoms with E-state index in [0.717, 1.165) is 13.0 Å².